The van der Waals surface area contributed by atoms with E-state index in [1.165, 1.54) is 11.3 Å². The van der Waals surface area contributed by atoms with Gasteiger partial charge < -0.3 is 14.3 Å². The molecule has 1 atom stereocenters. The first-order valence-corrected chi connectivity index (χ1v) is 6.41. The summed E-state index contributed by atoms with van der Waals surface area (Å²) in [6.07, 6.45) is 3.78. The van der Waals surface area contributed by atoms with Crippen LogP contribution >= 0.6 is 0 Å². The molecule has 0 amide bonds. The van der Waals surface area contributed by atoms with Crippen LogP contribution in [0.3, 0.4) is 0 Å². The number of furan rings is 1. The molecule has 1 N–H and O–H groups in total. The van der Waals surface area contributed by atoms with E-state index in [2.05, 4.69) is 34.8 Å². The summed E-state index contributed by atoms with van der Waals surface area (Å²) >= 11 is 0. The molecule has 4 nitrogen and oxygen atoms in total. The van der Waals surface area contributed by atoms with E-state index in [4.69, 9.17) is 4.42 Å². The molecule has 2 heterocycles. The molecule has 2 aromatic rings. The molecular weight excluding hydrogens is 226 g/mol. The number of hydrogen-bond acceptors (Lipinski definition) is 3. The van der Waals surface area contributed by atoms with Gasteiger partial charge in [-0.2, -0.15) is 0 Å². The molecule has 1 unspecified atom stereocenters. The van der Waals surface area contributed by atoms with Crippen LogP contribution in [0.1, 0.15) is 42.7 Å². The van der Waals surface area contributed by atoms with Crippen LogP contribution in [-0.4, -0.2) is 9.55 Å². The molecule has 18 heavy (non-hydrogen) atoms. The molecule has 0 radical (unpaired) electrons. The minimum atomic E-state index is 0.280. The first-order chi connectivity index (χ1) is 8.61. The Balaban J connectivity index is 2.00. The second-order valence-electron chi connectivity index (χ2n) is 4.64. The van der Waals surface area contributed by atoms with E-state index >= 15 is 0 Å². The summed E-state index contributed by atoms with van der Waals surface area (Å²) in [7, 11) is 0. The number of imidazole rings is 1. The number of hydrogen-bond donors (Lipinski definition) is 1. The highest BCUT2D eigenvalue weighted by atomic mass is 16.3. The highest BCUT2D eigenvalue weighted by Gasteiger charge is 2.12. The summed E-state index contributed by atoms with van der Waals surface area (Å²) in [5, 5.41) is 3.51. The first-order valence-electron chi connectivity index (χ1n) is 6.41. The Kier molecular flexibility index (Phi) is 3.87. The Morgan fingerprint density at radius 1 is 1.44 bits per heavy atom. The van der Waals surface area contributed by atoms with Crippen molar-refractivity contribution in [3.63, 3.8) is 0 Å². The zero-order chi connectivity index (χ0) is 13.1. The Bertz CT molecular complexity index is 513. The van der Waals surface area contributed by atoms with Crippen molar-refractivity contribution in [2.24, 2.45) is 0 Å². The number of rotatable bonds is 5. The average molecular weight is 247 g/mol. The van der Waals surface area contributed by atoms with Gasteiger partial charge in [-0.1, -0.05) is 0 Å². The lowest BCUT2D eigenvalue weighted by molar-refractivity contribution is 0.487. The van der Waals surface area contributed by atoms with Gasteiger partial charge in [0.15, 0.2) is 0 Å². The van der Waals surface area contributed by atoms with Crippen molar-refractivity contribution in [3.05, 3.63) is 41.4 Å². The summed E-state index contributed by atoms with van der Waals surface area (Å²) in [6.45, 7) is 10.0. The minimum Gasteiger partial charge on any atom is -0.466 e. The number of aryl methyl sites for hydroxylation is 3. The van der Waals surface area contributed by atoms with E-state index in [1.54, 1.807) is 0 Å². The predicted molar refractivity (Wildman–Crippen MR) is 71.3 cm³/mol. The van der Waals surface area contributed by atoms with E-state index in [9.17, 15) is 0 Å². The molecule has 4 heteroatoms. The van der Waals surface area contributed by atoms with Crippen molar-refractivity contribution in [3.8, 4) is 0 Å². The van der Waals surface area contributed by atoms with Gasteiger partial charge in [0.05, 0.1) is 12.0 Å². The van der Waals surface area contributed by atoms with Gasteiger partial charge in [-0.3, -0.25) is 0 Å². The van der Waals surface area contributed by atoms with E-state index in [0.717, 1.165) is 24.6 Å². The monoisotopic (exact) mass is 247 g/mol. The van der Waals surface area contributed by atoms with Crippen molar-refractivity contribution in [2.75, 3.05) is 0 Å². The topological polar surface area (TPSA) is 43.0 Å². The van der Waals surface area contributed by atoms with E-state index in [-0.39, 0.29) is 6.04 Å². The Labute approximate surface area is 108 Å². The summed E-state index contributed by atoms with van der Waals surface area (Å²) in [5.74, 6) is 1.96. The quantitative estimate of drug-likeness (QED) is 0.883. The van der Waals surface area contributed by atoms with Crippen molar-refractivity contribution in [1.82, 2.24) is 14.9 Å². The predicted octanol–water partition coefficient (Wildman–Crippen LogP) is 2.96. The van der Waals surface area contributed by atoms with Crippen LogP contribution in [0.2, 0.25) is 0 Å². The number of aromatic nitrogens is 2. The lowest BCUT2D eigenvalue weighted by atomic mass is 10.1. The summed E-state index contributed by atoms with van der Waals surface area (Å²) in [4.78, 5) is 4.17. The maximum Gasteiger partial charge on any atom is 0.105 e. The second kappa shape index (κ2) is 5.40. The summed E-state index contributed by atoms with van der Waals surface area (Å²) in [6, 6.07) is 2.38. The lowest BCUT2D eigenvalue weighted by Crippen LogP contribution is -2.20. The van der Waals surface area contributed by atoms with Gasteiger partial charge in [-0.25, -0.2) is 4.98 Å². The maximum absolute atomic E-state index is 5.56. The minimum absolute atomic E-state index is 0.280. The van der Waals surface area contributed by atoms with E-state index in [1.807, 2.05) is 26.4 Å². The zero-order valence-corrected chi connectivity index (χ0v) is 11.5. The van der Waals surface area contributed by atoms with Gasteiger partial charge in [-0.15, -0.1) is 0 Å². The third-order valence-electron chi connectivity index (χ3n) is 3.27. The fraction of sp³-hybridized carbons (Fsp3) is 0.500. The zero-order valence-electron chi connectivity index (χ0n) is 11.5. The number of nitrogens with zero attached hydrogens (tertiary/aromatic N) is 2. The molecule has 0 fully saturated rings. The van der Waals surface area contributed by atoms with Crippen LogP contribution in [-0.2, 0) is 13.1 Å². The third kappa shape index (κ3) is 2.64. The fourth-order valence-electron chi connectivity index (χ4n) is 2.23. The number of nitrogens with one attached hydrogen (secondary N) is 1. The summed E-state index contributed by atoms with van der Waals surface area (Å²) in [5.41, 5.74) is 2.44. The van der Waals surface area contributed by atoms with Crippen molar-refractivity contribution in [2.45, 2.75) is 46.8 Å². The summed E-state index contributed by atoms with van der Waals surface area (Å²) < 4.78 is 7.71. The Morgan fingerprint density at radius 2 is 2.22 bits per heavy atom. The normalized spacial score (nSPS) is 12.9. The largest absolute Gasteiger partial charge is 0.466 e. The molecule has 0 saturated heterocycles. The molecule has 0 saturated carbocycles. The van der Waals surface area contributed by atoms with Crippen LogP contribution in [0.15, 0.2) is 23.0 Å². The van der Waals surface area contributed by atoms with Crippen molar-refractivity contribution >= 4 is 0 Å². The average Bonchev–Trinajstić information content (AvgIpc) is 2.92. The molecule has 0 aliphatic carbocycles. The molecule has 2 rings (SSSR count). The SMILES string of the molecule is CCn1cncc1CNC(C)c1cc(C)oc1C. The van der Waals surface area contributed by atoms with Crippen LogP contribution in [0, 0.1) is 13.8 Å². The molecule has 0 bridgehead atoms. The molecular formula is C14H21N3O. The van der Waals surface area contributed by atoms with Gasteiger partial charge in [0, 0.05) is 30.9 Å². The van der Waals surface area contributed by atoms with E-state index in [0.29, 0.717) is 0 Å². The van der Waals surface area contributed by atoms with Crippen LogP contribution in [0.5, 0.6) is 0 Å². The van der Waals surface area contributed by atoms with Gasteiger partial charge in [0.25, 0.3) is 0 Å². The molecule has 2 aromatic heterocycles. The molecule has 0 aromatic carbocycles. The Hall–Kier alpha value is -1.55. The Morgan fingerprint density at radius 3 is 2.83 bits per heavy atom. The van der Waals surface area contributed by atoms with Crippen LogP contribution < -0.4 is 5.32 Å². The first kappa shape index (κ1) is 12.9. The molecule has 0 spiro atoms. The van der Waals surface area contributed by atoms with Gasteiger partial charge in [0.2, 0.25) is 0 Å². The molecule has 0 aliphatic heterocycles. The van der Waals surface area contributed by atoms with Gasteiger partial charge in [0.1, 0.15) is 11.5 Å². The van der Waals surface area contributed by atoms with Crippen molar-refractivity contribution in [1.29, 1.82) is 0 Å². The second-order valence-corrected chi connectivity index (χ2v) is 4.64. The van der Waals surface area contributed by atoms with Crippen LogP contribution in [0.25, 0.3) is 0 Å². The molecule has 0 aliphatic rings. The van der Waals surface area contributed by atoms with Gasteiger partial charge in [-0.05, 0) is 33.8 Å². The molecule has 98 valence electrons. The van der Waals surface area contributed by atoms with E-state index < -0.39 is 0 Å². The third-order valence-corrected chi connectivity index (χ3v) is 3.27. The smallest absolute Gasteiger partial charge is 0.105 e. The lowest BCUT2D eigenvalue weighted by Gasteiger charge is -2.13. The maximum atomic E-state index is 5.56. The van der Waals surface area contributed by atoms with Crippen LogP contribution in [0.4, 0.5) is 0 Å². The highest BCUT2D eigenvalue weighted by Crippen LogP contribution is 2.21. The fourth-order valence-corrected chi connectivity index (χ4v) is 2.23. The standard InChI is InChI=1S/C14H21N3O/c1-5-17-9-15-7-13(17)8-16-11(3)14-6-10(2)18-12(14)4/h6-7,9,11,16H,5,8H2,1-4H3. The van der Waals surface area contributed by atoms with Gasteiger partial charge >= 0.3 is 0 Å². The van der Waals surface area contributed by atoms with Crippen molar-refractivity contribution < 1.29 is 4.42 Å². The highest BCUT2D eigenvalue weighted by molar-refractivity contribution is 5.23.